The minimum absolute atomic E-state index is 0. The van der Waals surface area contributed by atoms with Crippen LogP contribution in [0.3, 0.4) is 0 Å². The number of hydrogen-bond donors (Lipinski definition) is 0. The first-order valence-electron chi connectivity index (χ1n) is 4.34. The molecule has 1 rings (SSSR count). The third kappa shape index (κ3) is 4.56. The van der Waals surface area contributed by atoms with Crippen LogP contribution in [0.5, 0.6) is 0 Å². The Balaban J connectivity index is 0.00000196. The molecule has 1 aromatic rings. The predicted octanol–water partition coefficient (Wildman–Crippen LogP) is 1.64. The Morgan fingerprint density at radius 1 is 1.40 bits per heavy atom. The third-order valence-electron chi connectivity index (χ3n) is 1.56. The topological polar surface area (TPSA) is 56.3 Å². The summed E-state index contributed by atoms with van der Waals surface area (Å²) in [5.74, 6) is -0.827. The largest absolute Gasteiger partial charge is 0.466 e. The van der Waals surface area contributed by atoms with E-state index in [4.69, 9.17) is 0 Å². The summed E-state index contributed by atoms with van der Waals surface area (Å²) in [5.41, 5.74) is 0.292. The first-order chi connectivity index (χ1) is 6.74. The average molecular weight is 230 g/mol. The summed E-state index contributed by atoms with van der Waals surface area (Å²) >= 11 is 0. The fraction of sp³-hybridized carbons (Fsp3) is 0.300. The van der Waals surface area contributed by atoms with Crippen molar-refractivity contribution < 1.29 is 14.3 Å². The number of esters is 1. The van der Waals surface area contributed by atoms with Gasteiger partial charge in [0.15, 0.2) is 5.78 Å². The van der Waals surface area contributed by atoms with Gasteiger partial charge in [-0.1, -0.05) is 6.07 Å². The number of pyridine rings is 1. The van der Waals surface area contributed by atoms with Crippen LogP contribution >= 0.6 is 12.4 Å². The predicted molar refractivity (Wildman–Crippen MR) is 57.1 cm³/mol. The number of halogens is 1. The van der Waals surface area contributed by atoms with Gasteiger partial charge in [0, 0.05) is 6.20 Å². The van der Waals surface area contributed by atoms with Crippen LogP contribution in [0, 0.1) is 0 Å². The second-order valence-electron chi connectivity index (χ2n) is 2.62. The van der Waals surface area contributed by atoms with Gasteiger partial charge in [0.2, 0.25) is 0 Å². The van der Waals surface area contributed by atoms with Crippen molar-refractivity contribution in [2.24, 2.45) is 0 Å². The first kappa shape index (κ1) is 13.6. The van der Waals surface area contributed by atoms with Crippen molar-refractivity contribution in [1.29, 1.82) is 0 Å². The van der Waals surface area contributed by atoms with Crippen LogP contribution in [0.25, 0.3) is 0 Å². The van der Waals surface area contributed by atoms with Gasteiger partial charge >= 0.3 is 5.97 Å². The Morgan fingerprint density at radius 2 is 2.13 bits per heavy atom. The van der Waals surface area contributed by atoms with E-state index in [1.54, 1.807) is 25.1 Å². The second kappa shape index (κ2) is 6.95. The highest BCUT2D eigenvalue weighted by Gasteiger charge is 2.12. The van der Waals surface area contributed by atoms with Crippen LogP contribution in [0.15, 0.2) is 24.4 Å². The third-order valence-corrected chi connectivity index (χ3v) is 1.56. The highest BCUT2D eigenvalue weighted by atomic mass is 35.5. The first-order valence-corrected chi connectivity index (χ1v) is 4.34. The Hall–Kier alpha value is -1.42. The van der Waals surface area contributed by atoms with Gasteiger partial charge in [-0.25, -0.2) is 0 Å². The van der Waals surface area contributed by atoms with Gasteiger partial charge in [0.1, 0.15) is 12.1 Å². The van der Waals surface area contributed by atoms with Crippen LogP contribution < -0.4 is 0 Å². The zero-order valence-electron chi connectivity index (χ0n) is 8.30. The molecule has 0 radical (unpaired) electrons. The molecule has 0 unspecified atom stereocenters. The maximum absolute atomic E-state index is 11.4. The van der Waals surface area contributed by atoms with Gasteiger partial charge in [-0.15, -0.1) is 12.4 Å². The molecule has 0 fully saturated rings. The van der Waals surface area contributed by atoms with Gasteiger partial charge in [0.05, 0.1) is 6.61 Å². The normalized spacial score (nSPS) is 8.87. The van der Waals surface area contributed by atoms with E-state index < -0.39 is 5.97 Å². The Bertz CT molecular complexity index is 327. The number of aromatic nitrogens is 1. The molecule has 0 N–H and O–H groups in total. The molecule has 0 aromatic carbocycles. The summed E-state index contributed by atoms with van der Waals surface area (Å²) < 4.78 is 4.65. The molecule has 0 saturated carbocycles. The summed E-state index contributed by atoms with van der Waals surface area (Å²) in [7, 11) is 0. The van der Waals surface area contributed by atoms with E-state index in [1.165, 1.54) is 6.20 Å². The Kier molecular flexibility index (Phi) is 6.29. The standard InChI is InChI=1S/C10H11NO3.ClH/c1-2-14-10(13)7-9(12)8-5-3-4-6-11-8;/h3-6H,2,7H2,1H3;1H. The number of ketones is 1. The van der Waals surface area contributed by atoms with Crippen molar-refractivity contribution in [3.8, 4) is 0 Å². The molecular formula is C10H12ClNO3. The van der Waals surface area contributed by atoms with Crippen LogP contribution in [-0.4, -0.2) is 23.3 Å². The summed E-state index contributed by atoms with van der Waals surface area (Å²) in [6.07, 6.45) is 1.27. The molecule has 0 aliphatic rings. The molecular weight excluding hydrogens is 218 g/mol. The monoisotopic (exact) mass is 229 g/mol. The number of hydrogen-bond acceptors (Lipinski definition) is 4. The lowest BCUT2D eigenvalue weighted by molar-refractivity contribution is -0.141. The average Bonchev–Trinajstić information content (AvgIpc) is 2.19. The smallest absolute Gasteiger partial charge is 0.313 e. The molecule has 5 heteroatoms. The molecule has 1 heterocycles. The minimum Gasteiger partial charge on any atom is -0.466 e. The van der Waals surface area contributed by atoms with Crippen molar-refractivity contribution in [2.45, 2.75) is 13.3 Å². The number of carbonyl (C=O) groups excluding carboxylic acids is 2. The lowest BCUT2D eigenvalue weighted by Gasteiger charge is -2.00. The maximum atomic E-state index is 11.4. The molecule has 4 nitrogen and oxygen atoms in total. The van der Waals surface area contributed by atoms with Gasteiger partial charge in [-0.3, -0.25) is 14.6 Å². The van der Waals surface area contributed by atoms with Crippen LogP contribution in [-0.2, 0) is 9.53 Å². The van der Waals surface area contributed by atoms with Crippen molar-refractivity contribution in [3.63, 3.8) is 0 Å². The molecule has 0 aliphatic heterocycles. The molecule has 82 valence electrons. The van der Waals surface area contributed by atoms with E-state index in [1.807, 2.05) is 0 Å². The molecule has 15 heavy (non-hydrogen) atoms. The molecule has 0 aliphatic carbocycles. The van der Waals surface area contributed by atoms with Gasteiger partial charge < -0.3 is 4.74 Å². The zero-order valence-corrected chi connectivity index (χ0v) is 9.12. The summed E-state index contributed by atoms with van der Waals surface area (Å²) in [5, 5.41) is 0. The van der Waals surface area contributed by atoms with E-state index in [0.29, 0.717) is 5.69 Å². The number of nitrogens with zero attached hydrogens (tertiary/aromatic N) is 1. The second-order valence-corrected chi connectivity index (χ2v) is 2.62. The fourth-order valence-corrected chi connectivity index (χ4v) is 0.961. The number of carbonyl (C=O) groups is 2. The van der Waals surface area contributed by atoms with E-state index >= 15 is 0 Å². The van der Waals surface area contributed by atoms with E-state index in [-0.39, 0.29) is 31.2 Å². The lowest BCUT2D eigenvalue weighted by Crippen LogP contribution is -2.12. The van der Waals surface area contributed by atoms with Crippen molar-refractivity contribution in [3.05, 3.63) is 30.1 Å². The number of ether oxygens (including phenoxy) is 1. The Labute approximate surface area is 94.1 Å². The lowest BCUT2D eigenvalue weighted by atomic mass is 10.2. The summed E-state index contributed by atoms with van der Waals surface area (Å²) in [6, 6.07) is 4.98. The zero-order chi connectivity index (χ0) is 10.4. The highest BCUT2D eigenvalue weighted by molar-refractivity contribution is 6.04. The molecule has 0 bridgehead atoms. The van der Waals surface area contributed by atoms with Crippen LogP contribution in [0.4, 0.5) is 0 Å². The quantitative estimate of drug-likeness (QED) is 0.448. The Morgan fingerprint density at radius 3 is 2.67 bits per heavy atom. The number of Topliss-reactive ketones (excluding diaryl/α,β-unsaturated/α-hetero) is 1. The van der Waals surface area contributed by atoms with Crippen molar-refractivity contribution in [1.82, 2.24) is 4.98 Å². The summed E-state index contributed by atoms with van der Waals surface area (Å²) in [6.45, 7) is 1.98. The maximum Gasteiger partial charge on any atom is 0.313 e. The SMILES string of the molecule is CCOC(=O)CC(=O)c1ccccn1.Cl. The molecule has 0 amide bonds. The fourth-order valence-electron chi connectivity index (χ4n) is 0.961. The van der Waals surface area contributed by atoms with Crippen LogP contribution in [0.2, 0.25) is 0 Å². The van der Waals surface area contributed by atoms with Gasteiger partial charge in [0.25, 0.3) is 0 Å². The summed E-state index contributed by atoms with van der Waals surface area (Å²) in [4.78, 5) is 26.2. The molecule has 0 saturated heterocycles. The van der Waals surface area contributed by atoms with Crippen molar-refractivity contribution >= 4 is 24.2 Å². The minimum atomic E-state index is -0.511. The van der Waals surface area contributed by atoms with Gasteiger partial charge in [-0.05, 0) is 19.1 Å². The molecule has 1 aromatic heterocycles. The molecule has 0 spiro atoms. The number of rotatable bonds is 4. The van der Waals surface area contributed by atoms with Crippen LogP contribution in [0.1, 0.15) is 23.8 Å². The highest BCUT2D eigenvalue weighted by Crippen LogP contribution is 2.00. The molecule has 0 atom stereocenters. The van der Waals surface area contributed by atoms with E-state index in [9.17, 15) is 9.59 Å². The van der Waals surface area contributed by atoms with Gasteiger partial charge in [-0.2, -0.15) is 0 Å². The van der Waals surface area contributed by atoms with E-state index in [2.05, 4.69) is 9.72 Å². The van der Waals surface area contributed by atoms with Crippen molar-refractivity contribution in [2.75, 3.05) is 6.61 Å². The van der Waals surface area contributed by atoms with E-state index in [0.717, 1.165) is 0 Å².